The highest BCUT2D eigenvalue weighted by Gasteiger charge is 2.38. The molecule has 8 nitrogen and oxygen atoms in total. The van der Waals surface area contributed by atoms with Gasteiger partial charge in [0.15, 0.2) is 0 Å². The van der Waals surface area contributed by atoms with Crippen molar-refractivity contribution in [2.75, 3.05) is 38.3 Å². The molecule has 1 aromatic heterocycles. The fraction of sp³-hybridized carbons (Fsp3) is 0.500. The van der Waals surface area contributed by atoms with Crippen molar-refractivity contribution in [3.63, 3.8) is 0 Å². The highest BCUT2D eigenvalue weighted by Crippen LogP contribution is 2.28. The standard InChI is InChI=1S/C24H30ClN3O3.C2HF3O2/c1-17-15-28(21(16-31-17)14-18-5-7-19(25)8-6-18)20-9-12-27(13-10-20)23-22(24(29)30-2)4-3-11-26-23;3-2(4,5)1(6)7/h3-8,11,17,20-21H,9-10,12-16H2,1-2H3;(H,6,7)/t17-,21-;/m0./s1. The summed E-state index contributed by atoms with van der Waals surface area (Å²) in [6.07, 6.45) is -0.0975. The number of benzene rings is 1. The second-order valence-corrected chi connectivity index (χ2v) is 9.65. The zero-order chi connectivity index (χ0) is 27.9. The van der Waals surface area contributed by atoms with E-state index in [1.165, 1.54) is 12.7 Å². The second-order valence-electron chi connectivity index (χ2n) is 9.21. The van der Waals surface area contributed by atoms with Crippen molar-refractivity contribution in [1.29, 1.82) is 0 Å². The van der Waals surface area contributed by atoms with Crippen LogP contribution >= 0.6 is 11.6 Å². The second kappa shape index (κ2) is 13.3. The zero-order valence-corrected chi connectivity index (χ0v) is 21.9. The summed E-state index contributed by atoms with van der Waals surface area (Å²) in [6, 6.07) is 12.5. The van der Waals surface area contributed by atoms with Crippen LogP contribution < -0.4 is 4.90 Å². The minimum absolute atomic E-state index is 0.237. The maximum atomic E-state index is 12.1. The molecule has 0 amide bonds. The lowest BCUT2D eigenvalue weighted by atomic mass is 9.96. The number of carbonyl (C=O) groups is 2. The lowest BCUT2D eigenvalue weighted by molar-refractivity contribution is -0.192. The molecule has 0 aliphatic carbocycles. The van der Waals surface area contributed by atoms with E-state index in [1.54, 1.807) is 18.3 Å². The van der Waals surface area contributed by atoms with E-state index in [0.29, 0.717) is 17.6 Å². The van der Waals surface area contributed by atoms with Crippen LogP contribution in [0.3, 0.4) is 0 Å². The maximum Gasteiger partial charge on any atom is 0.490 e. The van der Waals surface area contributed by atoms with Gasteiger partial charge in [0.2, 0.25) is 0 Å². The van der Waals surface area contributed by atoms with Crippen LogP contribution in [0, 0.1) is 0 Å². The van der Waals surface area contributed by atoms with Crippen molar-refractivity contribution in [3.8, 4) is 0 Å². The molecule has 3 heterocycles. The van der Waals surface area contributed by atoms with Crippen molar-refractivity contribution < 1.29 is 37.3 Å². The molecule has 0 bridgehead atoms. The Morgan fingerprint density at radius 2 is 1.82 bits per heavy atom. The molecule has 208 valence electrons. The predicted octanol–water partition coefficient (Wildman–Crippen LogP) is 4.46. The lowest BCUT2D eigenvalue weighted by Crippen LogP contribution is -2.56. The number of halogens is 4. The number of anilines is 1. The van der Waals surface area contributed by atoms with Crippen LogP contribution in [-0.2, 0) is 20.7 Å². The summed E-state index contributed by atoms with van der Waals surface area (Å²) in [5.41, 5.74) is 1.82. The summed E-state index contributed by atoms with van der Waals surface area (Å²) < 4.78 is 42.7. The molecule has 2 aliphatic rings. The van der Waals surface area contributed by atoms with Crippen molar-refractivity contribution in [3.05, 3.63) is 58.7 Å². The molecule has 0 radical (unpaired) electrons. The van der Waals surface area contributed by atoms with Gasteiger partial charge in [-0.15, -0.1) is 0 Å². The summed E-state index contributed by atoms with van der Waals surface area (Å²) >= 11 is 6.05. The first-order valence-corrected chi connectivity index (χ1v) is 12.6. The number of carbonyl (C=O) groups excluding carboxylic acids is 1. The number of carboxylic acid groups (broad SMARTS) is 1. The third-order valence-corrected chi connectivity index (χ3v) is 6.81. The Morgan fingerprint density at radius 1 is 1.18 bits per heavy atom. The molecular formula is C26H31ClF3N3O5. The number of hydrogen-bond donors (Lipinski definition) is 1. The molecule has 12 heteroatoms. The van der Waals surface area contributed by atoms with Gasteiger partial charge in [-0.3, -0.25) is 4.90 Å². The number of rotatable bonds is 5. The molecule has 2 atom stereocenters. The fourth-order valence-corrected chi connectivity index (χ4v) is 4.84. The lowest BCUT2D eigenvalue weighted by Gasteiger charge is -2.46. The first kappa shape index (κ1) is 29.7. The van der Waals surface area contributed by atoms with E-state index in [4.69, 9.17) is 31.0 Å². The quantitative estimate of drug-likeness (QED) is 0.539. The minimum atomic E-state index is -5.08. The molecular weight excluding hydrogens is 527 g/mol. The number of morpholine rings is 1. The first-order chi connectivity index (χ1) is 18.0. The average Bonchev–Trinajstić information content (AvgIpc) is 2.90. The number of alkyl halides is 3. The molecule has 2 saturated heterocycles. The number of nitrogens with zero attached hydrogens (tertiary/aromatic N) is 3. The van der Waals surface area contributed by atoms with Gasteiger partial charge >= 0.3 is 18.1 Å². The van der Waals surface area contributed by atoms with Crippen molar-refractivity contribution >= 4 is 29.4 Å². The Hall–Kier alpha value is -2.89. The zero-order valence-electron chi connectivity index (χ0n) is 21.2. The Balaban J connectivity index is 0.000000505. The maximum absolute atomic E-state index is 12.1. The molecule has 2 fully saturated rings. The fourth-order valence-electron chi connectivity index (χ4n) is 4.71. The Morgan fingerprint density at radius 3 is 2.39 bits per heavy atom. The van der Waals surface area contributed by atoms with Crippen molar-refractivity contribution in [2.45, 2.75) is 50.6 Å². The minimum Gasteiger partial charge on any atom is -0.475 e. The van der Waals surface area contributed by atoms with E-state index in [9.17, 15) is 18.0 Å². The predicted molar refractivity (Wildman–Crippen MR) is 136 cm³/mol. The number of piperidine rings is 1. The number of methoxy groups -OCH3 is 1. The van der Waals surface area contributed by atoms with Crippen molar-refractivity contribution in [1.82, 2.24) is 9.88 Å². The number of pyridine rings is 1. The number of aliphatic carboxylic acids is 1. The first-order valence-electron chi connectivity index (χ1n) is 12.2. The molecule has 38 heavy (non-hydrogen) atoms. The van der Waals surface area contributed by atoms with Gasteiger partial charge in [0.1, 0.15) is 11.4 Å². The Bertz CT molecular complexity index is 1080. The van der Waals surface area contributed by atoms with Gasteiger partial charge < -0.3 is 19.5 Å². The number of esters is 1. The summed E-state index contributed by atoms with van der Waals surface area (Å²) in [5, 5.41) is 7.89. The SMILES string of the molecule is COC(=O)c1cccnc1N1CCC(N2C[C@H](C)OC[C@@H]2Cc2ccc(Cl)cc2)CC1.O=C(O)C(F)(F)F. The third kappa shape index (κ3) is 8.05. The van der Waals surface area contributed by atoms with E-state index >= 15 is 0 Å². The number of hydrogen-bond acceptors (Lipinski definition) is 7. The van der Waals surface area contributed by atoms with Crippen LogP contribution in [0.25, 0.3) is 0 Å². The third-order valence-electron chi connectivity index (χ3n) is 6.56. The van der Waals surface area contributed by atoms with Gasteiger partial charge in [-0.05, 0) is 56.0 Å². The average molecular weight is 558 g/mol. The molecule has 4 rings (SSSR count). The molecule has 1 N–H and O–H groups in total. The molecule has 0 spiro atoms. The van der Waals surface area contributed by atoms with Gasteiger partial charge in [0.25, 0.3) is 0 Å². The highest BCUT2D eigenvalue weighted by atomic mass is 35.5. The molecule has 0 unspecified atom stereocenters. The van der Waals surface area contributed by atoms with Gasteiger partial charge in [-0.2, -0.15) is 13.2 Å². The summed E-state index contributed by atoms with van der Waals surface area (Å²) in [5.74, 6) is -2.37. The van der Waals surface area contributed by atoms with Crippen LogP contribution in [0.1, 0.15) is 35.7 Å². The Labute approximate surface area is 224 Å². The van der Waals surface area contributed by atoms with E-state index in [0.717, 1.165) is 56.3 Å². The van der Waals surface area contributed by atoms with E-state index in [2.05, 4.69) is 33.8 Å². The van der Waals surface area contributed by atoms with Crippen LogP contribution in [0.4, 0.5) is 19.0 Å². The largest absolute Gasteiger partial charge is 0.490 e. The molecule has 2 aliphatic heterocycles. The highest BCUT2D eigenvalue weighted by molar-refractivity contribution is 6.30. The number of carboxylic acids is 1. The molecule has 1 aromatic carbocycles. The van der Waals surface area contributed by atoms with Crippen LogP contribution in [0.5, 0.6) is 0 Å². The van der Waals surface area contributed by atoms with Crippen molar-refractivity contribution in [2.24, 2.45) is 0 Å². The van der Waals surface area contributed by atoms with E-state index in [-0.39, 0.29) is 12.1 Å². The van der Waals surface area contributed by atoms with Gasteiger partial charge in [0, 0.05) is 42.9 Å². The van der Waals surface area contributed by atoms with Crippen LogP contribution in [-0.4, -0.2) is 84.6 Å². The van der Waals surface area contributed by atoms with E-state index < -0.39 is 12.1 Å². The summed E-state index contributed by atoms with van der Waals surface area (Å²) in [4.78, 5) is 30.4. The normalized spacial score (nSPS) is 20.8. The summed E-state index contributed by atoms with van der Waals surface area (Å²) in [6.45, 7) is 5.57. The van der Waals surface area contributed by atoms with Gasteiger partial charge in [-0.1, -0.05) is 23.7 Å². The number of aromatic nitrogens is 1. The smallest absolute Gasteiger partial charge is 0.475 e. The monoisotopic (exact) mass is 557 g/mol. The topological polar surface area (TPSA) is 92.2 Å². The van der Waals surface area contributed by atoms with Gasteiger partial charge in [0.05, 0.1) is 19.8 Å². The van der Waals surface area contributed by atoms with Gasteiger partial charge in [-0.25, -0.2) is 14.6 Å². The Kier molecular flexibility index (Phi) is 10.3. The summed E-state index contributed by atoms with van der Waals surface area (Å²) in [7, 11) is 1.41. The number of ether oxygens (including phenoxy) is 2. The molecule has 0 saturated carbocycles. The van der Waals surface area contributed by atoms with E-state index in [1.807, 2.05) is 12.1 Å². The van der Waals surface area contributed by atoms with Crippen LogP contribution in [0.2, 0.25) is 5.02 Å². The molecule has 2 aromatic rings. The van der Waals surface area contributed by atoms with Crippen LogP contribution in [0.15, 0.2) is 42.6 Å².